The van der Waals surface area contributed by atoms with E-state index in [9.17, 15) is 9.18 Å². The summed E-state index contributed by atoms with van der Waals surface area (Å²) in [7, 11) is 0. The van der Waals surface area contributed by atoms with E-state index < -0.39 is 0 Å². The molecule has 0 radical (unpaired) electrons. The Hall–Kier alpha value is -2.25. The van der Waals surface area contributed by atoms with Crippen LogP contribution in [0.4, 0.5) is 4.39 Å². The van der Waals surface area contributed by atoms with E-state index in [1.807, 2.05) is 17.0 Å². The number of amides is 1. The maximum atomic E-state index is 13.6. The van der Waals surface area contributed by atoms with Crippen LogP contribution in [0.15, 0.2) is 34.9 Å². The van der Waals surface area contributed by atoms with Gasteiger partial charge in [0.25, 0.3) is 0 Å². The number of carbonyl (C=O) groups is 1. The van der Waals surface area contributed by atoms with Crippen LogP contribution < -0.4 is 10.9 Å². The second-order valence-corrected chi connectivity index (χ2v) is 7.66. The molecule has 0 saturated carbocycles. The lowest BCUT2D eigenvalue weighted by molar-refractivity contribution is -0.136. The van der Waals surface area contributed by atoms with Gasteiger partial charge >= 0.3 is 0 Å². The monoisotopic (exact) mass is 372 g/mol. The van der Waals surface area contributed by atoms with Gasteiger partial charge in [0.05, 0.1) is 18.0 Å². The van der Waals surface area contributed by atoms with Gasteiger partial charge < -0.3 is 9.42 Å². The summed E-state index contributed by atoms with van der Waals surface area (Å²) < 4.78 is 19.1. The second-order valence-electron chi connectivity index (χ2n) is 7.66. The van der Waals surface area contributed by atoms with Crippen molar-refractivity contribution in [3.63, 3.8) is 0 Å². The molecular formula is C20H25FN4O2. The first kappa shape index (κ1) is 18.1. The van der Waals surface area contributed by atoms with Crippen molar-refractivity contribution < 1.29 is 13.7 Å². The Labute approximate surface area is 158 Å². The number of hydrogen-bond acceptors (Lipinski definition) is 5. The molecule has 2 saturated heterocycles. The fourth-order valence-corrected chi connectivity index (χ4v) is 4.03. The van der Waals surface area contributed by atoms with Gasteiger partial charge in [0.15, 0.2) is 0 Å². The Bertz CT molecular complexity index is 822. The lowest BCUT2D eigenvalue weighted by Crippen LogP contribution is -2.39. The molecule has 2 fully saturated rings. The van der Waals surface area contributed by atoms with Gasteiger partial charge in [-0.3, -0.25) is 10.2 Å². The number of likely N-dealkylation sites (tertiary alicyclic amines) is 1. The number of benzene rings is 1. The van der Waals surface area contributed by atoms with E-state index >= 15 is 0 Å². The van der Waals surface area contributed by atoms with E-state index in [4.69, 9.17) is 4.52 Å². The Balaban J connectivity index is 1.55. The number of rotatable bonds is 4. The third-order valence-electron chi connectivity index (χ3n) is 5.50. The molecular weight excluding hydrogens is 347 g/mol. The predicted octanol–water partition coefficient (Wildman–Crippen LogP) is 3.07. The van der Waals surface area contributed by atoms with Crippen molar-refractivity contribution in [1.82, 2.24) is 20.9 Å². The van der Waals surface area contributed by atoms with E-state index in [1.165, 1.54) is 12.1 Å². The minimum atomic E-state index is -0.296. The predicted molar refractivity (Wildman–Crippen MR) is 98.0 cm³/mol. The van der Waals surface area contributed by atoms with E-state index in [2.05, 4.69) is 29.9 Å². The van der Waals surface area contributed by atoms with Crippen LogP contribution in [0.2, 0.25) is 0 Å². The molecule has 7 heteroatoms. The minimum absolute atomic E-state index is 0.0532. The molecule has 0 bridgehead atoms. The number of halogens is 1. The lowest BCUT2D eigenvalue weighted by Gasteiger charge is -2.28. The summed E-state index contributed by atoms with van der Waals surface area (Å²) in [5, 5.41) is 4.22. The first-order valence-corrected chi connectivity index (χ1v) is 9.55. The number of nitrogens with zero attached hydrogens (tertiary/aromatic N) is 2. The summed E-state index contributed by atoms with van der Waals surface area (Å²) >= 11 is 0. The molecule has 1 amide bonds. The van der Waals surface area contributed by atoms with Crippen LogP contribution in [0, 0.1) is 11.7 Å². The molecule has 4 rings (SSSR count). The quantitative estimate of drug-likeness (QED) is 0.863. The van der Waals surface area contributed by atoms with Gasteiger partial charge in [0.1, 0.15) is 17.3 Å². The third kappa shape index (κ3) is 3.49. The summed E-state index contributed by atoms with van der Waals surface area (Å²) in [6, 6.07) is 8.08. The fraction of sp³-hybridized carbons (Fsp3) is 0.500. The molecule has 3 unspecified atom stereocenters. The maximum absolute atomic E-state index is 13.6. The first-order valence-electron chi connectivity index (χ1n) is 9.55. The van der Waals surface area contributed by atoms with E-state index in [-0.39, 0.29) is 35.6 Å². The smallest absolute Gasteiger partial charge is 0.229 e. The van der Waals surface area contributed by atoms with Gasteiger partial charge in [-0.15, -0.1) is 0 Å². The molecule has 0 spiro atoms. The highest BCUT2D eigenvalue weighted by atomic mass is 19.1. The van der Waals surface area contributed by atoms with Crippen LogP contribution in [0.5, 0.6) is 0 Å². The van der Waals surface area contributed by atoms with Gasteiger partial charge in [-0.05, 0) is 30.5 Å². The van der Waals surface area contributed by atoms with E-state index in [0.717, 1.165) is 29.9 Å². The van der Waals surface area contributed by atoms with Gasteiger partial charge in [-0.1, -0.05) is 31.1 Å². The minimum Gasteiger partial charge on any atom is -0.361 e. The van der Waals surface area contributed by atoms with Crippen molar-refractivity contribution in [2.24, 2.45) is 5.92 Å². The standard InChI is InChI=1S/C20H25FN4O2/c1-12(2)18-10-16(24-27-18)17-7-4-8-25(17)20(26)15-11-22-23-19(15)13-5-3-6-14(21)9-13/h3,5-6,9-10,12,15,17,19,22-23H,4,7-8,11H2,1-2H3. The molecule has 0 aliphatic carbocycles. The maximum Gasteiger partial charge on any atom is 0.229 e. The topological polar surface area (TPSA) is 70.4 Å². The number of nitrogens with one attached hydrogen (secondary N) is 2. The molecule has 3 heterocycles. The normalized spacial score (nSPS) is 25.5. The zero-order valence-electron chi connectivity index (χ0n) is 15.6. The third-order valence-corrected chi connectivity index (χ3v) is 5.50. The Morgan fingerprint density at radius 3 is 2.96 bits per heavy atom. The van der Waals surface area contributed by atoms with Crippen LogP contribution in [-0.4, -0.2) is 29.1 Å². The van der Waals surface area contributed by atoms with Gasteiger partial charge in [0.2, 0.25) is 5.91 Å². The second kappa shape index (κ2) is 7.40. The van der Waals surface area contributed by atoms with E-state index in [1.54, 1.807) is 6.07 Å². The average Bonchev–Trinajstić information content (AvgIpc) is 3.40. The molecule has 6 nitrogen and oxygen atoms in total. The summed E-state index contributed by atoms with van der Waals surface area (Å²) in [4.78, 5) is 15.2. The highest BCUT2D eigenvalue weighted by molar-refractivity contribution is 5.81. The number of hydrogen-bond donors (Lipinski definition) is 2. The van der Waals surface area contributed by atoms with Gasteiger partial charge in [-0.25, -0.2) is 9.82 Å². The lowest BCUT2D eigenvalue weighted by atomic mass is 9.93. The van der Waals surface area contributed by atoms with Crippen LogP contribution in [0.3, 0.4) is 0 Å². The molecule has 27 heavy (non-hydrogen) atoms. The Morgan fingerprint density at radius 2 is 2.22 bits per heavy atom. The van der Waals surface area contributed by atoms with Crippen LogP contribution in [0.1, 0.15) is 61.7 Å². The molecule has 1 aromatic carbocycles. The molecule has 2 aromatic rings. The zero-order chi connectivity index (χ0) is 19.0. The summed E-state index contributed by atoms with van der Waals surface area (Å²) in [6.45, 7) is 5.33. The molecule has 1 aromatic heterocycles. The Kier molecular flexibility index (Phi) is 4.97. The van der Waals surface area contributed by atoms with Gasteiger partial charge in [0, 0.05) is 25.1 Å². The summed E-state index contributed by atoms with van der Waals surface area (Å²) in [5.74, 6) is 0.584. The van der Waals surface area contributed by atoms with Crippen LogP contribution >= 0.6 is 0 Å². The van der Waals surface area contributed by atoms with Gasteiger partial charge in [-0.2, -0.15) is 0 Å². The Morgan fingerprint density at radius 1 is 1.37 bits per heavy atom. The van der Waals surface area contributed by atoms with Crippen molar-refractivity contribution in [2.75, 3.05) is 13.1 Å². The number of aromatic nitrogens is 1. The molecule has 2 aliphatic heterocycles. The molecule has 2 aliphatic rings. The zero-order valence-corrected chi connectivity index (χ0v) is 15.6. The molecule has 2 N–H and O–H groups in total. The SMILES string of the molecule is CC(C)c1cc(C2CCCN2C(=O)C2CNNC2c2cccc(F)c2)no1. The summed E-state index contributed by atoms with van der Waals surface area (Å²) in [6.07, 6.45) is 1.83. The van der Waals surface area contributed by atoms with E-state index in [0.29, 0.717) is 13.1 Å². The van der Waals surface area contributed by atoms with Crippen molar-refractivity contribution in [3.8, 4) is 0 Å². The van der Waals surface area contributed by atoms with Crippen LogP contribution in [-0.2, 0) is 4.79 Å². The fourth-order valence-electron chi connectivity index (χ4n) is 4.03. The van der Waals surface area contributed by atoms with Crippen molar-refractivity contribution in [2.45, 2.75) is 44.7 Å². The number of carbonyl (C=O) groups excluding carboxylic acids is 1. The highest BCUT2D eigenvalue weighted by Crippen LogP contribution is 2.36. The molecule has 144 valence electrons. The van der Waals surface area contributed by atoms with Crippen LogP contribution in [0.25, 0.3) is 0 Å². The summed E-state index contributed by atoms with van der Waals surface area (Å²) in [5.41, 5.74) is 7.79. The first-order chi connectivity index (χ1) is 13.0. The van der Waals surface area contributed by atoms with Crippen molar-refractivity contribution >= 4 is 5.91 Å². The average molecular weight is 372 g/mol. The number of hydrazine groups is 1. The molecule has 3 atom stereocenters. The highest BCUT2D eigenvalue weighted by Gasteiger charge is 2.41. The largest absolute Gasteiger partial charge is 0.361 e. The van der Waals surface area contributed by atoms with Crippen molar-refractivity contribution in [3.05, 3.63) is 53.2 Å². The van der Waals surface area contributed by atoms with Crippen molar-refractivity contribution in [1.29, 1.82) is 0 Å².